The van der Waals surface area contributed by atoms with Crippen LogP contribution in [0.5, 0.6) is 0 Å². The van der Waals surface area contributed by atoms with Crippen molar-refractivity contribution in [3.8, 4) is 0 Å². The first-order valence-corrected chi connectivity index (χ1v) is 7.29. The normalized spacial score (nSPS) is 13.8. The molecule has 0 saturated carbocycles. The van der Waals surface area contributed by atoms with Gasteiger partial charge in [0.15, 0.2) is 14.9 Å². The Bertz CT molecular complexity index is 635. The summed E-state index contributed by atoms with van der Waals surface area (Å²) in [7, 11) is -3.46. The van der Waals surface area contributed by atoms with E-state index < -0.39 is 15.1 Å². The summed E-state index contributed by atoms with van der Waals surface area (Å²) >= 11 is 5.63. The Kier molecular flexibility index (Phi) is 3.35. The van der Waals surface area contributed by atoms with E-state index in [4.69, 9.17) is 11.6 Å². The highest BCUT2D eigenvalue weighted by atomic mass is 35.5. The van der Waals surface area contributed by atoms with Crippen LogP contribution in [-0.2, 0) is 9.84 Å². The number of aromatic nitrogens is 1. The summed E-state index contributed by atoms with van der Waals surface area (Å²) in [6.45, 7) is 1.59. The van der Waals surface area contributed by atoms with Crippen molar-refractivity contribution in [3.63, 3.8) is 0 Å². The molecule has 3 nitrogen and oxygen atoms in total. The maximum atomic E-state index is 12.2. The summed E-state index contributed by atoms with van der Waals surface area (Å²) in [4.78, 5) is 4.00. The molecule has 0 aliphatic heterocycles. The second-order valence-corrected chi connectivity index (χ2v) is 6.44. The van der Waals surface area contributed by atoms with Crippen LogP contribution in [0.1, 0.15) is 6.92 Å². The van der Waals surface area contributed by atoms with Gasteiger partial charge in [0.2, 0.25) is 0 Å². The lowest BCUT2D eigenvalue weighted by Gasteiger charge is -2.10. The SMILES string of the molecule is CC(CCl)S(=O)(=O)c1nccc2ccccc12. The predicted octanol–water partition coefficient (Wildman–Crippen LogP) is 2.64. The van der Waals surface area contributed by atoms with Gasteiger partial charge in [0.25, 0.3) is 0 Å². The molecule has 0 bridgehead atoms. The third-order valence-electron chi connectivity index (χ3n) is 2.65. The second-order valence-electron chi connectivity index (χ2n) is 3.85. The lowest BCUT2D eigenvalue weighted by atomic mass is 10.2. The Morgan fingerprint density at radius 3 is 2.71 bits per heavy atom. The van der Waals surface area contributed by atoms with Crippen molar-refractivity contribution < 1.29 is 8.42 Å². The van der Waals surface area contributed by atoms with Gasteiger partial charge in [0.05, 0.1) is 5.25 Å². The van der Waals surface area contributed by atoms with E-state index in [1.54, 1.807) is 25.1 Å². The summed E-state index contributed by atoms with van der Waals surface area (Å²) in [5, 5.41) is 0.987. The molecule has 0 aliphatic carbocycles. The molecule has 0 spiro atoms. The minimum atomic E-state index is -3.46. The molecule has 0 N–H and O–H groups in total. The van der Waals surface area contributed by atoms with Gasteiger partial charge in [0.1, 0.15) is 0 Å². The van der Waals surface area contributed by atoms with Gasteiger partial charge in [-0.15, -0.1) is 11.6 Å². The van der Waals surface area contributed by atoms with Gasteiger partial charge in [0, 0.05) is 17.5 Å². The molecule has 0 radical (unpaired) electrons. The number of benzene rings is 1. The average molecular weight is 270 g/mol. The fourth-order valence-electron chi connectivity index (χ4n) is 1.59. The minimum absolute atomic E-state index is 0.0627. The summed E-state index contributed by atoms with van der Waals surface area (Å²) in [6, 6.07) is 9.08. The quantitative estimate of drug-likeness (QED) is 0.805. The van der Waals surface area contributed by atoms with Gasteiger partial charge in [-0.3, -0.25) is 0 Å². The number of hydrogen-bond acceptors (Lipinski definition) is 3. The molecule has 1 aromatic heterocycles. The molecule has 1 heterocycles. The van der Waals surface area contributed by atoms with Crippen molar-refractivity contribution in [3.05, 3.63) is 36.5 Å². The molecule has 1 atom stereocenters. The molecule has 1 unspecified atom stereocenters. The molecule has 0 fully saturated rings. The first-order valence-electron chi connectivity index (χ1n) is 5.21. The molecule has 90 valence electrons. The van der Waals surface area contributed by atoms with Crippen LogP contribution >= 0.6 is 11.6 Å². The number of halogens is 1. The molecular weight excluding hydrogens is 258 g/mol. The van der Waals surface area contributed by atoms with Gasteiger partial charge in [-0.25, -0.2) is 13.4 Å². The van der Waals surface area contributed by atoms with Crippen LogP contribution in [0.2, 0.25) is 0 Å². The molecule has 0 amide bonds. The van der Waals surface area contributed by atoms with Gasteiger partial charge in [-0.1, -0.05) is 24.3 Å². The van der Waals surface area contributed by atoms with Gasteiger partial charge >= 0.3 is 0 Å². The van der Waals surface area contributed by atoms with E-state index >= 15 is 0 Å². The summed E-state index contributed by atoms with van der Waals surface area (Å²) in [6.07, 6.45) is 1.51. The van der Waals surface area contributed by atoms with Crippen LogP contribution in [0, 0.1) is 0 Å². The second kappa shape index (κ2) is 4.63. The number of sulfone groups is 1. The highest BCUT2D eigenvalue weighted by molar-refractivity contribution is 7.92. The van der Waals surface area contributed by atoms with Crippen LogP contribution < -0.4 is 0 Å². The Morgan fingerprint density at radius 1 is 1.29 bits per heavy atom. The minimum Gasteiger partial charge on any atom is -0.244 e. The molecule has 0 saturated heterocycles. The Hall–Kier alpha value is -1.13. The molecule has 1 aromatic carbocycles. The van der Waals surface area contributed by atoms with Crippen LogP contribution in [0.15, 0.2) is 41.6 Å². The maximum Gasteiger partial charge on any atom is 0.199 e. The number of pyridine rings is 1. The van der Waals surface area contributed by atoms with Crippen molar-refractivity contribution in [2.45, 2.75) is 17.2 Å². The van der Waals surface area contributed by atoms with Crippen LogP contribution in [-0.4, -0.2) is 24.5 Å². The lowest BCUT2D eigenvalue weighted by Crippen LogP contribution is -2.20. The average Bonchev–Trinajstić information content (AvgIpc) is 2.37. The first-order chi connectivity index (χ1) is 8.07. The van der Waals surface area contributed by atoms with Crippen molar-refractivity contribution >= 4 is 32.2 Å². The zero-order valence-corrected chi connectivity index (χ0v) is 10.9. The van der Waals surface area contributed by atoms with Gasteiger partial charge in [-0.2, -0.15) is 0 Å². The highest BCUT2D eigenvalue weighted by Gasteiger charge is 2.25. The third-order valence-corrected chi connectivity index (χ3v) is 5.39. The Morgan fingerprint density at radius 2 is 2.00 bits per heavy atom. The van der Waals surface area contributed by atoms with E-state index in [1.165, 1.54) is 6.20 Å². The summed E-state index contributed by atoms with van der Waals surface area (Å²) < 4.78 is 24.5. The number of fused-ring (bicyclic) bond motifs is 1. The van der Waals surface area contributed by atoms with Crippen LogP contribution in [0.4, 0.5) is 0 Å². The van der Waals surface area contributed by atoms with Crippen LogP contribution in [0.3, 0.4) is 0 Å². The van der Waals surface area contributed by atoms with Crippen molar-refractivity contribution in [1.82, 2.24) is 4.98 Å². The fourth-order valence-corrected chi connectivity index (χ4v) is 3.34. The van der Waals surface area contributed by atoms with E-state index in [2.05, 4.69) is 4.98 Å². The molecule has 17 heavy (non-hydrogen) atoms. The van der Waals surface area contributed by atoms with Crippen LogP contribution in [0.25, 0.3) is 10.8 Å². The van der Waals surface area contributed by atoms with E-state index in [9.17, 15) is 8.42 Å². The number of alkyl halides is 1. The Labute approximate surface area is 105 Å². The predicted molar refractivity (Wildman–Crippen MR) is 69.1 cm³/mol. The molecular formula is C12H12ClNO2S. The monoisotopic (exact) mass is 269 g/mol. The smallest absolute Gasteiger partial charge is 0.199 e. The Balaban J connectivity index is 2.72. The summed E-state index contributed by atoms with van der Waals surface area (Å²) in [5.41, 5.74) is 0. The number of rotatable bonds is 3. The van der Waals surface area contributed by atoms with E-state index in [-0.39, 0.29) is 10.9 Å². The van der Waals surface area contributed by atoms with Crippen molar-refractivity contribution in [2.75, 3.05) is 5.88 Å². The van der Waals surface area contributed by atoms with Crippen molar-refractivity contribution in [2.24, 2.45) is 0 Å². The van der Waals surface area contributed by atoms with Crippen molar-refractivity contribution in [1.29, 1.82) is 0 Å². The third kappa shape index (κ3) is 2.15. The lowest BCUT2D eigenvalue weighted by molar-refractivity contribution is 0.585. The van der Waals surface area contributed by atoms with Gasteiger partial charge < -0.3 is 0 Å². The van der Waals surface area contributed by atoms with E-state index in [0.717, 1.165) is 5.39 Å². The van der Waals surface area contributed by atoms with Gasteiger partial charge in [-0.05, 0) is 18.4 Å². The molecule has 2 rings (SSSR count). The number of hydrogen-bond donors (Lipinski definition) is 0. The highest BCUT2D eigenvalue weighted by Crippen LogP contribution is 2.23. The van der Waals surface area contributed by atoms with E-state index in [1.807, 2.05) is 12.1 Å². The molecule has 5 heteroatoms. The standard InChI is InChI=1S/C12H12ClNO2S/c1-9(8-13)17(15,16)12-11-5-3-2-4-10(11)6-7-14-12/h2-7,9H,8H2,1H3. The first kappa shape index (κ1) is 12.3. The number of nitrogens with zero attached hydrogens (tertiary/aromatic N) is 1. The zero-order valence-electron chi connectivity index (χ0n) is 9.30. The molecule has 0 aliphatic rings. The molecule has 2 aromatic rings. The zero-order chi connectivity index (χ0) is 12.5. The van der Waals surface area contributed by atoms with E-state index in [0.29, 0.717) is 5.39 Å². The topological polar surface area (TPSA) is 47.0 Å². The fraction of sp³-hybridized carbons (Fsp3) is 0.250. The largest absolute Gasteiger partial charge is 0.244 e. The maximum absolute atomic E-state index is 12.2. The summed E-state index contributed by atoms with van der Waals surface area (Å²) in [5.74, 6) is 0.0627.